The summed E-state index contributed by atoms with van der Waals surface area (Å²) in [5.41, 5.74) is 6.33. The Morgan fingerprint density at radius 2 is 1.95 bits per heavy atom. The molecule has 102 valence electrons. The van der Waals surface area contributed by atoms with Gasteiger partial charge in [-0.25, -0.2) is 0 Å². The minimum absolute atomic E-state index is 0.305. The normalized spacial score (nSPS) is 13.7. The predicted octanol–water partition coefficient (Wildman–Crippen LogP) is 3.39. The lowest BCUT2D eigenvalue weighted by Gasteiger charge is -2.10. The van der Waals surface area contributed by atoms with Crippen LogP contribution in [0.2, 0.25) is 0 Å². The van der Waals surface area contributed by atoms with Crippen LogP contribution in [0.1, 0.15) is 18.2 Å². The molecule has 0 aliphatic heterocycles. The van der Waals surface area contributed by atoms with Gasteiger partial charge in [0, 0.05) is 11.1 Å². The first-order chi connectivity index (χ1) is 8.90. The number of rotatable bonds is 3. The quantitative estimate of drug-likeness (QED) is 0.926. The van der Waals surface area contributed by atoms with Gasteiger partial charge in [0.2, 0.25) is 0 Å². The van der Waals surface area contributed by atoms with E-state index in [0.29, 0.717) is 23.4 Å². The van der Waals surface area contributed by atoms with Gasteiger partial charge in [-0.2, -0.15) is 13.2 Å². The van der Waals surface area contributed by atoms with E-state index in [9.17, 15) is 13.2 Å². The molecule has 1 aromatic carbocycles. The highest BCUT2D eigenvalue weighted by molar-refractivity contribution is 5.79. The first-order valence-electron chi connectivity index (χ1n) is 6.07. The lowest BCUT2D eigenvalue weighted by molar-refractivity contribution is -0.137. The Labute approximate surface area is 109 Å². The summed E-state index contributed by atoms with van der Waals surface area (Å²) in [4.78, 5) is 4.36. The van der Waals surface area contributed by atoms with E-state index in [4.69, 9.17) is 5.73 Å². The second-order valence-electron chi connectivity index (χ2n) is 4.75. The van der Waals surface area contributed by atoms with Crippen LogP contribution in [0.4, 0.5) is 13.2 Å². The summed E-state index contributed by atoms with van der Waals surface area (Å²) in [5.74, 6) is 0.305. The van der Waals surface area contributed by atoms with Gasteiger partial charge in [-0.1, -0.05) is 13.0 Å². The van der Waals surface area contributed by atoms with Crippen LogP contribution in [0.5, 0.6) is 0 Å². The van der Waals surface area contributed by atoms with E-state index in [0.717, 1.165) is 24.2 Å². The molecule has 2 aromatic rings. The maximum atomic E-state index is 12.6. The molecule has 0 saturated heterocycles. The highest BCUT2D eigenvalue weighted by Gasteiger charge is 2.30. The Morgan fingerprint density at radius 1 is 1.21 bits per heavy atom. The molecule has 5 heteroatoms. The zero-order valence-electron chi connectivity index (χ0n) is 10.5. The van der Waals surface area contributed by atoms with Crippen LogP contribution < -0.4 is 5.73 Å². The first kappa shape index (κ1) is 13.8. The number of nitrogens with zero attached hydrogens (tertiary/aromatic N) is 1. The molecular weight excluding hydrogens is 253 g/mol. The number of nitrogens with two attached hydrogens (primary N) is 1. The van der Waals surface area contributed by atoms with Crippen molar-refractivity contribution in [2.45, 2.75) is 19.5 Å². The number of halogens is 3. The van der Waals surface area contributed by atoms with Gasteiger partial charge < -0.3 is 5.73 Å². The monoisotopic (exact) mass is 268 g/mol. The molecule has 1 heterocycles. The van der Waals surface area contributed by atoms with Gasteiger partial charge in [0.25, 0.3) is 0 Å². The smallest absolute Gasteiger partial charge is 0.330 e. The molecule has 2 nitrogen and oxygen atoms in total. The van der Waals surface area contributed by atoms with Crippen molar-refractivity contribution in [3.63, 3.8) is 0 Å². The highest BCUT2D eigenvalue weighted by Crippen LogP contribution is 2.31. The van der Waals surface area contributed by atoms with Crippen LogP contribution in [0.25, 0.3) is 10.9 Å². The Bertz CT molecular complexity index is 578. The number of alkyl halides is 3. The van der Waals surface area contributed by atoms with Crippen LogP contribution in [0.15, 0.2) is 30.3 Å². The molecule has 0 saturated carbocycles. The number of fused-ring (bicyclic) bond motifs is 1. The van der Waals surface area contributed by atoms with Gasteiger partial charge >= 0.3 is 6.18 Å². The predicted molar refractivity (Wildman–Crippen MR) is 68.7 cm³/mol. The number of hydrogen-bond acceptors (Lipinski definition) is 2. The maximum absolute atomic E-state index is 12.6. The minimum Gasteiger partial charge on any atom is -0.330 e. The van der Waals surface area contributed by atoms with E-state index in [1.54, 1.807) is 12.1 Å². The molecule has 0 spiro atoms. The number of benzene rings is 1. The van der Waals surface area contributed by atoms with Gasteiger partial charge in [-0.05, 0) is 43.1 Å². The van der Waals surface area contributed by atoms with Crippen molar-refractivity contribution in [3.05, 3.63) is 41.6 Å². The zero-order valence-corrected chi connectivity index (χ0v) is 10.5. The fourth-order valence-electron chi connectivity index (χ4n) is 1.90. The molecule has 1 atom stereocenters. The summed E-state index contributed by atoms with van der Waals surface area (Å²) in [6, 6.07) is 7.03. The summed E-state index contributed by atoms with van der Waals surface area (Å²) in [5, 5.41) is 0.499. The molecule has 2 rings (SSSR count). The topological polar surface area (TPSA) is 38.9 Å². The third-order valence-electron chi connectivity index (χ3n) is 3.03. The molecule has 0 radical (unpaired) electrons. The van der Waals surface area contributed by atoms with Crippen molar-refractivity contribution in [1.29, 1.82) is 0 Å². The number of pyridine rings is 1. The Balaban J connectivity index is 2.35. The molecule has 2 N–H and O–H groups in total. The van der Waals surface area contributed by atoms with E-state index in [-0.39, 0.29) is 0 Å². The van der Waals surface area contributed by atoms with Gasteiger partial charge in [0.05, 0.1) is 11.1 Å². The summed E-state index contributed by atoms with van der Waals surface area (Å²) in [7, 11) is 0. The van der Waals surface area contributed by atoms with Crippen LogP contribution in [-0.2, 0) is 12.6 Å². The minimum atomic E-state index is -4.32. The van der Waals surface area contributed by atoms with Gasteiger partial charge in [-0.15, -0.1) is 0 Å². The van der Waals surface area contributed by atoms with Gasteiger partial charge in [-0.3, -0.25) is 4.98 Å². The second kappa shape index (κ2) is 5.17. The second-order valence-corrected chi connectivity index (χ2v) is 4.75. The van der Waals surface area contributed by atoms with Crippen LogP contribution in [-0.4, -0.2) is 11.5 Å². The number of hydrogen-bond donors (Lipinski definition) is 1. The summed E-state index contributed by atoms with van der Waals surface area (Å²) >= 11 is 0. The maximum Gasteiger partial charge on any atom is 0.416 e. The van der Waals surface area contributed by atoms with Crippen molar-refractivity contribution in [2.24, 2.45) is 11.7 Å². The lowest BCUT2D eigenvalue weighted by Crippen LogP contribution is -2.13. The Kier molecular flexibility index (Phi) is 3.75. The molecule has 0 aliphatic carbocycles. The third kappa shape index (κ3) is 3.23. The third-order valence-corrected chi connectivity index (χ3v) is 3.03. The fourth-order valence-corrected chi connectivity index (χ4v) is 1.90. The molecular formula is C14H15F3N2. The summed E-state index contributed by atoms with van der Waals surface area (Å²) < 4.78 is 37.7. The average Bonchev–Trinajstić information content (AvgIpc) is 2.36. The molecule has 0 aliphatic rings. The van der Waals surface area contributed by atoms with E-state index in [2.05, 4.69) is 4.98 Å². The van der Waals surface area contributed by atoms with Crippen molar-refractivity contribution in [3.8, 4) is 0 Å². The SMILES string of the molecule is CC(CN)Cc1ccc2cc(C(F)(F)F)ccc2n1. The fraction of sp³-hybridized carbons (Fsp3) is 0.357. The van der Waals surface area contributed by atoms with Crippen molar-refractivity contribution in [1.82, 2.24) is 4.98 Å². The van der Waals surface area contributed by atoms with E-state index in [1.165, 1.54) is 6.07 Å². The molecule has 1 aromatic heterocycles. The zero-order chi connectivity index (χ0) is 14.0. The summed E-state index contributed by atoms with van der Waals surface area (Å²) in [6.07, 6.45) is -3.59. The molecule has 0 bridgehead atoms. The van der Waals surface area contributed by atoms with Crippen LogP contribution in [0, 0.1) is 5.92 Å². The van der Waals surface area contributed by atoms with Gasteiger partial charge in [0.15, 0.2) is 0 Å². The Morgan fingerprint density at radius 3 is 2.58 bits per heavy atom. The van der Waals surface area contributed by atoms with E-state index < -0.39 is 11.7 Å². The largest absolute Gasteiger partial charge is 0.416 e. The van der Waals surface area contributed by atoms with Gasteiger partial charge in [0.1, 0.15) is 0 Å². The summed E-state index contributed by atoms with van der Waals surface area (Å²) in [6.45, 7) is 2.57. The van der Waals surface area contributed by atoms with Crippen LogP contribution >= 0.6 is 0 Å². The molecule has 0 amide bonds. The Hall–Kier alpha value is -1.62. The number of aromatic nitrogens is 1. The van der Waals surface area contributed by atoms with Crippen molar-refractivity contribution in [2.75, 3.05) is 6.54 Å². The molecule has 19 heavy (non-hydrogen) atoms. The van der Waals surface area contributed by atoms with Crippen LogP contribution in [0.3, 0.4) is 0 Å². The lowest BCUT2D eigenvalue weighted by atomic mass is 10.0. The van der Waals surface area contributed by atoms with E-state index in [1.807, 2.05) is 6.92 Å². The molecule has 1 unspecified atom stereocenters. The first-order valence-corrected chi connectivity index (χ1v) is 6.07. The van der Waals surface area contributed by atoms with Crippen molar-refractivity contribution < 1.29 is 13.2 Å². The van der Waals surface area contributed by atoms with Crippen molar-refractivity contribution >= 4 is 10.9 Å². The average molecular weight is 268 g/mol. The molecule has 0 fully saturated rings. The standard InChI is InChI=1S/C14H15F3N2/c1-9(8-18)6-12-4-2-10-7-11(14(15,16)17)3-5-13(10)19-12/h2-5,7,9H,6,8,18H2,1H3. The van der Waals surface area contributed by atoms with E-state index >= 15 is 0 Å². The highest BCUT2D eigenvalue weighted by atomic mass is 19.4.